The molecule has 2 aliphatic rings. The van der Waals surface area contributed by atoms with Crippen LogP contribution in [0.15, 0.2) is 18.2 Å². The van der Waals surface area contributed by atoms with E-state index >= 15 is 0 Å². The van der Waals surface area contributed by atoms with Crippen molar-refractivity contribution in [2.24, 2.45) is 5.92 Å². The summed E-state index contributed by atoms with van der Waals surface area (Å²) in [4.78, 5) is 0.294. The van der Waals surface area contributed by atoms with Gasteiger partial charge in [0.15, 0.2) is 0 Å². The molecule has 0 bridgehead atoms. The van der Waals surface area contributed by atoms with Gasteiger partial charge in [0.25, 0.3) is 0 Å². The van der Waals surface area contributed by atoms with E-state index in [1.54, 1.807) is 0 Å². The van der Waals surface area contributed by atoms with Crippen molar-refractivity contribution >= 4 is 15.9 Å². The summed E-state index contributed by atoms with van der Waals surface area (Å²) in [5, 5.41) is 0. The molecule has 0 aromatic heterocycles. The van der Waals surface area contributed by atoms with E-state index in [0.29, 0.717) is 16.8 Å². The Hall–Kier alpha value is -0.540. The van der Waals surface area contributed by atoms with Gasteiger partial charge in [0.1, 0.15) is 5.75 Å². The molecule has 0 aliphatic carbocycles. The first-order chi connectivity index (χ1) is 8.75. The monoisotopic (exact) mass is 310 g/mol. The van der Waals surface area contributed by atoms with E-state index in [1.165, 1.54) is 17.5 Å². The van der Waals surface area contributed by atoms with Gasteiger partial charge in [-0.15, -0.1) is 0 Å². The lowest BCUT2D eigenvalue weighted by molar-refractivity contribution is 0.0934. The molecular weight excluding hydrogens is 292 g/mol. The highest BCUT2D eigenvalue weighted by atomic mass is 79.9. The van der Waals surface area contributed by atoms with Crippen molar-refractivity contribution in [2.75, 3.05) is 13.2 Å². The van der Waals surface area contributed by atoms with Crippen molar-refractivity contribution < 1.29 is 9.47 Å². The molecule has 1 aromatic carbocycles. The number of benzene rings is 1. The van der Waals surface area contributed by atoms with E-state index < -0.39 is 0 Å². The zero-order chi connectivity index (χ0) is 12.5. The molecule has 0 radical (unpaired) electrons. The maximum Gasteiger partial charge on any atom is 0.122 e. The minimum absolute atomic E-state index is 0.294. The molecule has 0 N–H and O–H groups in total. The third kappa shape index (κ3) is 2.30. The van der Waals surface area contributed by atoms with Crippen LogP contribution in [0.1, 0.15) is 35.7 Å². The average Bonchev–Trinajstić information content (AvgIpc) is 2.83. The Kier molecular flexibility index (Phi) is 3.62. The lowest BCUT2D eigenvalue weighted by Gasteiger charge is -2.24. The summed E-state index contributed by atoms with van der Waals surface area (Å²) in [6.45, 7) is 4.02. The fourth-order valence-electron chi connectivity index (χ4n) is 2.83. The molecule has 3 heteroatoms. The zero-order valence-corrected chi connectivity index (χ0v) is 12.3. The van der Waals surface area contributed by atoms with E-state index in [-0.39, 0.29) is 0 Å². The molecule has 0 amide bonds. The number of halogens is 1. The van der Waals surface area contributed by atoms with Crippen LogP contribution in [-0.2, 0) is 11.2 Å². The number of fused-ring (bicyclic) bond motifs is 1. The molecule has 1 aromatic rings. The van der Waals surface area contributed by atoms with Crippen LogP contribution in [0.3, 0.4) is 0 Å². The van der Waals surface area contributed by atoms with Gasteiger partial charge in [-0.1, -0.05) is 35.0 Å². The predicted molar refractivity (Wildman–Crippen MR) is 75.4 cm³/mol. The SMILES string of the molecule is CC1CCOC1C(Br)c1ccc2c(c1)CCCO2. The van der Waals surface area contributed by atoms with E-state index in [1.807, 2.05) is 0 Å². The molecule has 3 atom stereocenters. The van der Waals surface area contributed by atoms with Gasteiger partial charge in [-0.3, -0.25) is 0 Å². The summed E-state index contributed by atoms with van der Waals surface area (Å²) in [5.74, 6) is 1.69. The zero-order valence-electron chi connectivity index (χ0n) is 10.7. The Bertz CT molecular complexity index is 433. The largest absolute Gasteiger partial charge is 0.493 e. The average molecular weight is 311 g/mol. The fraction of sp³-hybridized carbons (Fsp3) is 0.600. The molecule has 0 saturated carbocycles. The number of alkyl halides is 1. The minimum atomic E-state index is 0.294. The van der Waals surface area contributed by atoms with Crippen molar-refractivity contribution in [3.63, 3.8) is 0 Å². The number of rotatable bonds is 2. The van der Waals surface area contributed by atoms with Crippen LogP contribution in [0.2, 0.25) is 0 Å². The second kappa shape index (κ2) is 5.22. The molecule has 2 heterocycles. The third-order valence-corrected chi connectivity index (χ3v) is 5.03. The van der Waals surface area contributed by atoms with Crippen LogP contribution in [0, 0.1) is 5.92 Å². The minimum Gasteiger partial charge on any atom is -0.493 e. The first-order valence-electron chi connectivity index (χ1n) is 6.77. The molecule has 2 nitrogen and oxygen atoms in total. The lowest BCUT2D eigenvalue weighted by atomic mass is 9.95. The van der Waals surface area contributed by atoms with Crippen molar-refractivity contribution in [1.82, 2.24) is 0 Å². The molecule has 18 heavy (non-hydrogen) atoms. The Morgan fingerprint density at radius 2 is 2.22 bits per heavy atom. The summed E-state index contributed by atoms with van der Waals surface area (Å²) in [6.07, 6.45) is 3.72. The molecule has 0 spiro atoms. The maximum absolute atomic E-state index is 5.85. The maximum atomic E-state index is 5.85. The lowest BCUT2D eigenvalue weighted by Crippen LogP contribution is -2.19. The molecule has 1 fully saturated rings. The second-order valence-corrected chi connectivity index (χ2v) is 6.31. The molecule has 1 saturated heterocycles. The van der Waals surface area contributed by atoms with E-state index in [9.17, 15) is 0 Å². The Morgan fingerprint density at radius 3 is 3.00 bits per heavy atom. The number of hydrogen-bond donors (Lipinski definition) is 0. The second-order valence-electron chi connectivity index (χ2n) is 5.32. The van der Waals surface area contributed by atoms with Gasteiger partial charge in [-0.05, 0) is 42.4 Å². The van der Waals surface area contributed by atoms with Gasteiger partial charge in [0.05, 0.1) is 17.5 Å². The van der Waals surface area contributed by atoms with E-state index in [2.05, 4.69) is 41.1 Å². The summed E-state index contributed by atoms with van der Waals surface area (Å²) in [6, 6.07) is 6.55. The quantitative estimate of drug-likeness (QED) is 0.772. The molecular formula is C15H19BrO2. The summed E-state index contributed by atoms with van der Waals surface area (Å²) in [7, 11) is 0. The Morgan fingerprint density at radius 1 is 1.33 bits per heavy atom. The summed E-state index contributed by atoms with van der Waals surface area (Å²) in [5.41, 5.74) is 2.66. The van der Waals surface area contributed by atoms with E-state index in [4.69, 9.17) is 9.47 Å². The fourth-order valence-corrected chi connectivity index (χ4v) is 3.79. The van der Waals surface area contributed by atoms with Gasteiger partial charge in [-0.2, -0.15) is 0 Å². The van der Waals surface area contributed by atoms with Crippen LogP contribution in [0.5, 0.6) is 5.75 Å². The number of hydrogen-bond acceptors (Lipinski definition) is 2. The number of ether oxygens (including phenoxy) is 2. The van der Waals surface area contributed by atoms with Crippen LogP contribution in [-0.4, -0.2) is 19.3 Å². The van der Waals surface area contributed by atoms with Crippen LogP contribution < -0.4 is 4.74 Å². The Labute approximate surface area is 117 Å². The van der Waals surface area contributed by atoms with Crippen LogP contribution in [0.25, 0.3) is 0 Å². The normalized spacial score (nSPS) is 28.6. The summed E-state index contributed by atoms with van der Waals surface area (Å²) >= 11 is 3.82. The highest BCUT2D eigenvalue weighted by Crippen LogP contribution is 2.39. The third-order valence-electron chi connectivity index (χ3n) is 3.98. The molecule has 2 aliphatic heterocycles. The van der Waals surface area contributed by atoms with Gasteiger partial charge >= 0.3 is 0 Å². The van der Waals surface area contributed by atoms with Gasteiger partial charge in [0.2, 0.25) is 0 Å². The van der Waals surface area contributed by atoms with E-state index in [0.717, 1.165) is 31.8 Å². The molecule has 3 rings (SSSR count). The van der Waals surface area contributed by atoms with Gasteiger partial charge in [0, 0.05) is 6.61 Å². The first-order valence-corrected chi connectivity index (χ1v) is 7.68. The summed E-state index contributed by atoms with van der Waals surface area (Å²) < 4.78 is 11.5. The highest BCUT2D eigenvalue weighted by molar-refractivity contribution is 9.09. The molecule has 3 unspecified atom stereocenters. The van der Waals surface area contributed by atoms with Gasteiger partial charge in [-0.25, -0.2) is 0 Å². The first kappa shape index (κ1) is 12.5. The predicted octanol–water partition coefficient (Wildman–Crippen LogP) is 3.87. The van der Waals surface area contributed by atoms with Crippen molar-refractivity contribution in [1.29, 1.82) is 0 Å². The topological polar surface area (TPSA) is 18.5 Å². The molecule has 98 valence electrons. The van der Waals surface area contributed by atoms with Crippen molar-refractivity contribution in [3.05, 3.63) is 29.3 Å². The smallest absolute Gasteiger partial charge is 0.122 e. The Balaban J connectivity index is 1.83. The van der Waals surface area contributed by atoms with Gasteiger partial charge < -0.3 is 9.47 Å². The van der Waals surface area contributed by atoms with Crippen LogP contribution in [0.4, 0.5) is 0 Å². The highest BCUT2D eigenvalue weighted by Gasteiger charge is 2.31. The number of aryl methyl sites for hydroxylation is 1. The van der Waals surface area contributed by atoms with Crippen molar-refractivity contribution in [2.45, 2.75) is 37.1 Å². The van der Waals surface area contributed by atoms with Crippen molar-refractivity contribution in [3.8, 4) is 5.75 Å². The van der Waals surface area contributed by atoms with Crippen LogP contribution >= 0.6 is 15.9 Å². The standard InChI is InChI=1S/C15H19BrO2/c1-10-6-8-18-15(10)14(16)12-4-5-13-11(9-12)3-2-7-17-13/h4-5,9-10,14-15H,2-3,6-8H2,1H3.